The molecule has 0 aliphatic carbocycles. The highest BCUT2D eigenvalue weighted by Gasteiger charge is 2.19. The van der Waals surface area contributed by atoms with Crippen LogP contribution in [0.5, 0.6) is 0 Å². The maximum absolute atomic E-state index is 2.45. The van der Waals surface area contributed by atoms with E-state index >= 15 is 0 Å². The van der Waals surface area contributed by atoms with Gasteiger partial charge in [-0.15, -0.1) is 22.7 Å². The molecule has 2 aromatic heterocycles. The van der Waals surface area contributed by atoms with Gasteiger partial charge in [-0.05, 0) is 89.6 Å². The number of hydrogen-bond acceptors (Lipinski definition) is 2. The SMILES string of the molecule is c1ccc2cc(-c3c4ccccc4c(-c4ccc5c(c4)sc4c5ccc5sc6ccc7ccccc7c6c54)c4ccccc34)ccc2c1. The summed E-state index contributed by atoms with van der Waals surface area (Å²) in [6.07, 6.45) is 0. The summed E-state index contributed by atoms with van der Waals surface area (Å²) < 4.78 is 5.45. The second-order valence-corrected chi connectivity index (χ2v) is 14.9. The molecule has 11 rings (SSSR count). The zero-order chi connectivity index (χ0) is 31.3. The van der Waals surface area contributed by atoms with E-state index in [4.69, 9.17) is 0 Å². The van der Waals surface area contributed by atoms with Gasteiger partial charge in [0.1, 0.15) is 0 Å². The lowest BCUT2D eigenvalue weighted by molar-refractivity contribution is 1.69. The highest BCUT2D eigenvalue weighted by atomic mass is 32.1. The van der Waals surface area contributed by atoms with E-state index < -0.39 is 0 Å². The molecule has 0 nitrogen and oxygen atoms in total. The zero-order valence-electron chi connectivity index (χ0n) is 25.8. The van der Waals surface area contributed by atoms with Crippen LogP contribution in [0.2, 0.25) is 0 Å². The summed E-state index contributed by atoms with van der Waals surface area (Å²) in [5.74, 6) is 0. The van der Waals surface area contributed by atoms with Crippen LogP contribution in [0, 0.1) is 0 Å². The van der Waals surface area contributed by atoms with Crippen LogP contribution in [-0.4, -0.2) is 0 Å². The second kappa shape index (κ2) is 9.98. The predicted molar refractivity (Wildman–Crippen MR) is 213 cm³/mol. The Balaban J connectivity index is 1.19. The summed E-state index contributed by atoms with van der Waals surface area (Å²) in [5.41, 5.74) is 5.13. The van der Waals surface area contributed by atoms with Gasteiger partial charge < -0.3 is 0 Å². The van der Waals surface area contributed by atoms with E-state index in [9.17, 15) is 0 Å². The molecule has 48 heavy (non-hydrogen) atoms. The number of thiophene rings is 2. The standard InChI is InChI=1S/C46H26S2/c1-2-11-29-25-30(18-17-27(29)9-1)42-34-13-5-7-15-36(34)43(37-16-8-6-14-35(37)42)31-19-21-33-38-22-24-40-45(46(38)48-41(33)26-31)44-32-12-4-3-10-28(32)20-23-39(44)47-40/h1-26H. The van der Waals surface area contributed by atoms with Crippen molar-refractivity contribution in [2.75, 3.05) is 0 Å². The van der Waals surface area contributed by atoms with Crippen LogP contribution in [0.4, 0.5) is 0 Å². The van der Waals surface area contributed by atoms with E-state index in [1.807, 2.05) is 22.7 Å². The summed E-state index contributed by atoms with van der Waals surface area (Å²) in [7, 11) is 0. The van der Waals surface area contributed by atoms with Crippen molar-refractivity contribution in [2.24, 2.45) is 0 Å². The largest absolute Gasteiger partial charge is 0.135 e. The van der Waals surface area contributed by atoms with E-state index in [-0.39, 0.29) is 0 Å². The van der Waals surface area contributed by atoms with Crippen molar-refractivity contribution in [1.29, 1.82) is 0 Å². The van der Waals surface area contributed by atoms with Crippen molar-refractivity contribution >= 4 is 106 Å². The predicted octanol–water partition coefficient (Wildman–Crippen LogP) is 14.4. The fraction of sp³-hybridized carbons (Fsp3) is 0. The summed E-state index contributed by atoms with van der Waals surface area (Å²) in [6, 6.07) is 58.7. The van der Waals surface area contributed by atoms with Crippen LogP contribution in [0.15, 0.2) is 158 Å². The van der Waals surface area contributed by atoms with Crippen LogP contribution < -0.4 is 0 Å². The zero-order valence-corrected chi connectivity index (χ0v) is 27.5. The Bertz CT molecular complexity index is 3060. The van der Waals surface area contributed by atoms with Crippen molar-refractivity contribution in [1.82, 2.24) is 0 Å². The molecular formula is C46H26S2. The van der Waals surface area contributed by atoms with Gasteiger partial charge >= 0.3 is 0 Å². The lowest BCUT2D eigenvalue weighted by Gasteiger charge is -2.18. The normalized spacial score (nSPS) is 12.2. The first-order valence-electron chi connectivity index (χ1n) is 16.4. The lowest BCUT2D eigenvalue weighted by atomic mass is 9.85. The van der Waals surface area contributed by atoms with E-state index in [1.54, 1.807) is 0 Å². The van der Waals surface area contributed by atoms with Crippen molar-refractivity contribution in [3.63, 3.8) is 0 Å². The van der Waals surface area contributed by atoms with Crippen LogP contribution in [0.25, 0.3) is 106 Å². The first-order valence-corrected chi connectivity index (χ1v) is 18.1. The van der Waals surface area contributed by atoms with E-state index in [0.717, 1.165) is 0 Å². The number of fused-ring (bicyclic) bond motifs is 12. The Labute approximate surface area is 284 Å². The minimum Gasteiger partial charge on any atom is -0.135 e. The van der Waals surface area contributed by atoms with Gasteiger partial charge in [0, 0.05) is 40.3 Å². The highest BCUT2D eigenvalue weighted by Crippen LogP contribution is 2.49. The third-order valence-corrected chi connectivity index (χ3v) is 12.5. The molecule has 11 aromatic rings. The van der Waals surface area contributed by atoms with Gasteiger partial charge in [-0.1, -0.05) is 133 Å². The number of hydrogen-bond donors (Lipinski definition) is 0. The molecule has 0 N–H and O–H groups in total. The number of rotatable bonds is 2. The molecule has 0 aliphatic rings. The highest BCUT2D eigenvalue weighted by molar-refractivity contribution is 7.30. The van der Waals surface area contributed by atoms with E-state index in [1.165, 1.54) is 106 Å². The number of benzene rings is 9. The molecule has 0 saturated carbocycles. The molecule has 0 amide bonds. The van der Waals surface area contributed by atoms with Crippen LogP contribution >= 0.6 is 22.7 Å². The second-order valence-electron chi connectivity index (χ2n) is 12.8. The third-order valence-electron chi connectivity index (χ3n) is 10.2. The van der Waals surface area contributed by atoms with Gasteiger partial charge in [0.25, 0.3) is 0 Å². The minimum atomic E-state index is 1.26. The Hall–Kier alpha value is -5.54. The molecule has 0 saturated heterocycles. The molecule has 0 radical (unpaired) electrons. The molecule has 2 heterocycles. The van der Waals surface area contributed by atoms with Gasteiger partial charge in [-0.3, -0.25) is 0 Å². The van der Waals surface area contributed by atoms with Crippen LogP contribution in [0.1, 0.15) is 0 Å². The van der Waals surface area contributed by atoms with Gasteiger partial charge in [-0.25, -0.2) is 0 Å². The topological polar surface area (TPSA) is 0 Å². The fourth-order valence-corrected chi connectivity index (χ4v) is 10.6. The average molecular weight is 643 g/mol. The Kier molecular flexibility index (Phi) is 5.51. The van der Waals surface area contributed by atoms with Gasteiger partial charge in [-0.2, -0.15) is 0 Å². The molecule has 0 fully saturated rings. The van der Waals surface area contributed by atoms with Gasteiger partial charge in [0.2, 0.25) is 0 Å². The minimum absolute atomic E-state index is 1.26. The molecule has 2 heteroatoms. The van der Waals surface area contributed by atoms with Crippen molar-refractivity contribution in [3.8, 4) is 22.3 Å². The quantitative estimate of drug-likeness (QED) is 0.165. The monoisotopic (exact) mass is 642 g/mol. The molecular weight excluding hydrogens is 617 g/mol. The third kappa shape index (κ3) is 3.70. The Morgan fingerprint density at radius 3 is 1.54 bits per heavy atom. The smallest absolute Gasteiger partial charge is 0.0448 e. The summed E-state index contributed by atoms with van der Waals surface area (Å²) >= 11 is 3.86. The lowest BCUT2D eigenvalue weighted by Crippen LogP contribution is -1.90. The van der Waals surface area contributed by atoms with Crippen LogP contribution in [-0.2, 0) is 0 Å². The van der Waals surface area contributed by atoms with Crippen molar-refractivity contribution < 1.29 is 0 Å². The Morgan fingerprint density at radius 1 is 0.292 bits per heavy atom. The summed E-state index contributed by atoms with van der Waals surface area (Å²) in [4.78, 5) is 0. The molecule has 9 aromatic carbocycles. The summed E-state index contributed by atoms with van der Waals surface area (Å²) in [5, 5.41) is 15.8. The maximum Gasteiger partial charge on any atom is 0.0448 e. The molecule has 0 spiro atoms. The van der Waals surface area contributed by atoms with Crippen molar-refractivity contribution in [2.45, 2.75) is 0 Å². The molecule has 0 unspecified atom stereocenters. The van der Waals surface area contributed by atoms with Gasteiger partial charge in [0.05, 0.1) is 0 Å². The maximum atomic E-state index is 2.45. The first-order chi connectivity index (χ1) is 23.8. The van der Waals surface area contributed by atoms with E-state index in [2.05, 4.69) is 158 Å². The average Bonchev–Trinajstić information content (AvgIpc) is 3.72. The molecule has 0 bridgehead atoms. The van der Waals surface area contributed by atoms with Gasteiger partial charge in [0.15, 0.2) is 0 Å². The first kappa shape index (κ1) is 26.5. The fourth-order valence-electron chi connectivity index (χ4n) is 8.11. The molecule has 0 aliphatic heterocycles. The van der Waals surface area contributed by atoms with E-state index in [0.29, 0.717) is 0 Å². The molecule has 222 valence electrons. The summed E-state index contributed by atoms with van der Waals surface area (Å²) in [6.45, 7) is 0. The van der Waals surface area contributed by atoms with Crippen LogP contribution in [0.3, 0.4) is 0 Å². The molecule has 0 atom stereocenters. The van der Waals surface area contributed by atoms with Crippen molar-refractivity contribution in [3.05, 3.63) is 158 Å². The Morgan fingerprint density at radius 2 is 0.812 bits per heavy atom.